The van der Waals surface area contributed by atoms with Crippen molar-refractivity contribution in [3.8, 4) is 22.5 Å². The first-order valence-corrected chi connectivity index (χ1v) is 14.1. The topological polar surface area (TPSA) is 115 Å². The molecule has 0 spiro atoms. The number of rotatable bonds is 8. The molecule has 2 aromatic carbocycles. The number of aromatic amines is 1. The number of ether oxygens (including phenoxy) is 1. The van der Waals surface area contributed by atoms with Crippen LogP contribution in [0.4, 0.5) is 0 Å². The van der Waals surface area contributed by atoms with Gasteiger partial charge in [-0.2, -0.15) is 0 Å². The van der Waals surface area contributed by atoms with Crippen LogP contribution in [-0.4, -0.2) is 108 Å². The number of aryl methyl sites for hydroxylation is 1. The van der Waals surface area contributed by atoms with Gasteiger partial charge < -0.3 is 4.74 Å². The summed E-state index contributed by atoms with van der Waals surface area (Å²) in [6.45, 7) is 6.28. The Morgan fingerprint density at radius 2 is 1.68 bits per heavy atom. The van der Waals surface area contributed by atoms with Crippen molar-refractivity contribution < 1.29 is 9.26 Å². The van der Waals surface area contributed by atoms with E-state index in [0.29, 0.717) is 48.9 Å². The van der Waals surface area contributed by atoms with Crippen molar-refractivity contribution in [2.75, 3.05) is 32.8 Å². The molecular weight excluding hydrogens is 570 g/mol. The zero-order chi connectivity index (χ0) is 27.6. The summed E-state index contributed by atoms with van der Waals surface area (Å²) in [7, 11) is 0. The van der Waals surface area contributed by atoms with Gasteiger partial charge in [0.2, 0.25) is 0 Å². The van der Waals surface area contributed by atoms with E-state index in [0.717, 1.165) is 46.6 Å². The molecule has 1 N–H and O–H groups in total. The fourth-order valence-corrected chi connectivity index (χ4v) is 6.16. The Kier molecular flexibility index (Phi) is 9.72. The van der Waals surface area contributed by atoms with Gasteiger partial charge in [-0.05, 0) is 29.2 Å². The third-order valence-electron chi connectivity index (χ3n) is 7.27. The molecule has 0 atom stereocenters. The van der Waals surface area contributed by atoms with Crippen molar-refractivity contribution in [2.45, 2.75) is 26.4 Å². The fourth-order valence-electron chi connectivity index (χ4n) is 5.09. The minimum absolute atomic E-state index is 0. The summed E-state index contributed by atoms with van der Waals surface area (Å²) in [5, 5.41) is 4.43. The van der Waals surface area contributed by atoms with Gasteiger partial charge in [-0.1, -0.05) is 60.6 Å². The number of nitrogens with one attached hydrogen (secondary N) is 1. The van der Waals surface area contributed by atoms with E-state index in [1.54, 1.807) is 4.57 Å². The van der Waals surface area contributed by atoms with Gasteiger partial charge in [-0.25, -0.2) is 9.59 Å². The van der Waals surface area contributed by atoms with E-state index in [-0.39, 0.29) is 62.6 Å². The van der Waals surface area contributed by atoms with Gasteiger partial charge in [0.25, 0.3) is 5.56 Å². The molecule has 208 valence electrons. The molecule has 0 amide bonds. The summed E-state index contributed by atoms with van der Waals surface area (Å²) in [5.41, 5.74) is 2.99. The van der Waals surface area contributed by atoms with Gasteiger partial charge in [0, 0.05) is 36.6 Å². The summed E-state index contributed by atoms with van der Waals surface area (Å²) in [5.74, 6) is -0.245. The van der Waals surface area contributed by atoms with Gasteiger partial charge >= 0.3 is 62.8 Å². The zero-order valence-electron chi connectivity index (χ0n) is 22.1. The van der Waals surface area contributed by atoms with E-state index < -0.39 is 5.76 Å². The van der Waals surface area contributed by atoms with E-state index in [1.807, 2.05) is 54.6 Å². The van der Waals surface area contributed by atoms with Crippen molar-refractivity contribution >= 4 is 72.9 Å². The maximum absolute atomic E-state index is 13.7. The number of fused-ring (bicyclic) bond motifs is 1. The Labute approximate surface area is 282 Å². The predicted octanol–water partition coefficient (Wildman–Crippen LogP) is 2.53. The minimum atomic E-state index is -0.608. The average Bonchev–Trinajstić information content (AvgIpc) is 3.63. The molecule has 1 aliphatic heterocycles. The Morgan fingerprint density at radius 3 is 2.37 bits per heavy atom. The number of thiophene rings is 1. The molecule has 4 heterocycles. The molecule has 0 bridgehead atoms. The number of hydrogen-bond donors (Lipinski definition) is 1. The maximum atomic E-state index is 13.7. The first kappa shape index (κ1) is 30.0. The number of benzene rings is 2. The molecule has 12 heteroatoms. The van der Waals surface area contributed by atoms with Crippen LogP contribution >= 0.6 is 11.3 Å². The number of hydrogen-bond acceptors (Lipinski definition) is 8. The Balaban J connectivity index is 0.00000337. The van der Waals surface area contributed by atoms with Crippen LogP contribution < -0.4 is 17.0 Å². The predicted molar refractivity (Wildman–Crippen MR) is 161 cm³/mol. The Bertz CT molecular complexity index is 1830. The fraction of sp³-hybridized carbons (Fsp3) is 0.310. The van der Waals surface area contributed by atoms with E-state index in [9.17, 15) is 14.4 Å². The van der Waals surface area contributed by atoms with Gasteiger partial charge in [0.1, 0.15) is 4.83 Å². The van der Waals surface area contributed by atoms with E-state index in [1.165, 1.54) is 15.9 Å². The van der Waals surface area contributed by atoms with Crippen LogP contribution in [0.1, 0.15) is 17.4 Å². The van der Waals surface area contributed by atoms with Crippen LogP contribution in [0.5, 0.6) is 0 Å². The van der Waals surface area contributed by atoms with Crippen molar-refractivity contribution in [2.24, 2.45) is 0 Å². The SMILES string of the molecule is CCc1cc2c(=O)n(CCN3CCOCC3)c(=O)n(Cc3ccc(-c4ccccc4-c4noc(=O)[nH]4)cc3)c2s1.[KH]. The number of morpholine rings is 1. The summed E-state index contributed by atoms with van der Waals surface area (Å²) >= 11 is 1.51. The van der Waals surface area contributed by atoms with Gasteiger partial charge in [-0.3, -0.25) is 28.3 Å². The molecule has 3 aromatic heterocycles. The summed E-state index contributed by atoms with van der Waals surface area (Å²) < 4.78 is 13.2. The molecule has 6 rings (SSSR count). The molecular formula is C29H30KN5O5S. The second-order valence-corrected chi connectivity index (χ2v) is 10.9. The number of nitrogens with zero attached hydrogens (tertiary/aromatic N) is 4. The molecule has 0 aliphatic carbocycles. The quantitative estimate of drug-likeness (QED) is 0.273. The molecule has 0 unspecified atom stereocenters. The first-order valence-electron chi connectivity index (χ1n) is 13.3. The summed E-state index contributed by atoms with van der Waals surface area (Å²) in [6.07, 6.45) is 0.797. The van der Waals surface area contributed by atoms with Crippen molar-refractivity contribution in [1.29, 1.82) is 0 Å². The van der Waals surface area contributed by atoms with E-state index in [2.05, 4.69) is 22.0 Å². The Morgan fingerprint density at radius 1 is 0.951 bits per heavy atom. The molecule has 0 radical (unpaired) electrons. The van der Waals surface area contributed by atoms with Gasteiger partial charge in [0.15, 0.2) is 5.82 Å². The molecule has 1 aliphatic rings. The summed E-state index contributed by atoms with van der Waals surface area (Å²) in [6, 6.07) is 17.5. The van der Waals surface area contributed by atoms with E-state index in [4.69, 9.17) is 9.26 Å². The molecule has 0 saturated carbocycles. The molecule has 1 saturated heterocycles. The monoisotopic (exact) mass is 599 g/mol. The van der Waals surface area contributed by atoms with Gasteiger partial charge in [0.05, 0.1) is 25.1 Å². The third kappa shape index (κ3) is 6.35. The normalized spacial score (nSPS) is 13.9. The van der Waals surface area contributed by atoms with Crippen LogP contribution in [0.2, 0.25) is 0 Å². The van der Waals surface area contributed by atoms with Gasteiger partial charge in [-0.15, -0.1) is 11.3 Å². The molecule has 41 heavy (non-hydrogen) atoms. The van der Waals surface area contributed by atoms with Crippen molar-refractivity contribution in [3.05, 3.63) is 96.4 Å². The van der Waals surface area contributed by atoms with Crippen molar-refractivity contribution in [3.63, 3.8) is 0 Å². The van der Waals surface area contributed by atoms with Crippen LogP contribution in [0.3, 0.4) is 0 Å². The van der Waals surface area contributed by atoms with Crippen LogP contribution in [-0.2, 0) is 24.2 Å². The number of aromatic nitrogens is 4. The average molecular weight is 600 g/mol. The second-order valence-electron chi connectivity index (χ2n) is 9.75. The molecule has 5 aromatic rings. The second kappa shape index (κ2) is 13.3. The van der Waals surface area contributed by atoms with Crippen LogP contribution in [0, 0.1) is 0 Å². The molecule has 1 fully saturated rings. The summed E-state index contributed by atoms with van der Waals surface area (Å²) in [4.78, 5) is 45.2. The van der Waals surface area contributed by atoms with E-state index >= 15 is 0 Å². The standard InChI is InChI=1S/C29H29N5O5S.K.H/c1-2-21-17-24-26(35)33(12-11-32-13-15-38-16-14-32)29(37)34(27(24)40-21)18-19-7-9-20(10-8-19)22-5-3-4-6-23(22)25-30-28(36)39-31-25;;/h3-10,17H,2,11-16,18H2,1H3,(H,30,31,36);;. The van der Waals surface area contributed by atoms with Crippen molar-refractivity contribution in [1.82, 2.24) is 24.2 Å². The van der Waals surface area contributed by atoms with Crippen LogP contribution in [0.25, 0.3) is 32.7 Å². The first-order chi connectivity index (χ1) is 19.5. The third-order valence-corrected chi connectivity index (χ3v) is 8.57. The van der Waals surface area contributed by atoms with Crippen LogP contribution in [0.15, 0.2) is 73.5 Å². The zero-order valence-corrected chi connectivity index (χ0v) is 22.9. The Hall–Kier alpha value is -2.42. The molecule has 10 nitrogen and oxygen atoms in total. The number of H-pyrrole nitrogens is 1.